The van der Waals surface area contributed by atoms with Crippen molar-refractivity contribution in [3.05, 3.63) is 34.9 Å². The lowest BCUT2D eigenvalue weighted by atomic mass is 9.77. The largest absolute Gasteiger partial charge is 0.493 e. The van der Waals surface area contributed by atoms with Crippen molar-refractivity contribution in [1.29, 1.82) is 0 Å². The number of carbonyl (C=O) groups excluding carboxylic acids is 2. The lowest BCUT2D eigenvalue weighted by molar-refractivity contribution is -0.140. The Labute approximate surface area is 240 Å². The van der Waals surface area contributed by atoms with Gasteiger partial charge in [-0.05, 0) is 73.6 Å². The molecule has 0 aromatic heterocycles. The van der Waals surface area contributed by atoms with E-state index in [1.165, 1.54) is 26.4 Å². The number of amides is 2. The maximum Gasteiger partial charge on any atom is 0.247 e. The van der Waals surface area contributed by atoms with Crippen molar-refractivity contribution >= 4 is 11.8 Å². The Balaban J connectivity index is 1.36. The summed E-state index contributed by atoms with van der Waals surface area (Å²) in [7, 11) is 1.50. The molecular formula is C31H42N2O8. The number of benzene rings is 1. The predicted molar refractivity (Wildman–Crippen MR) is 148 cm³/mol. The standard InChI is InChI=1S/C31H42N2O8/c1-39-25-12-18(16-35)11-22-27-23(31(38)32-6-7-34)14-24(28(37)30(27)41-29(22)25)33(15-21-3-2-8-40-21)26(36)13-20-10-17-4-5-19(20)9-17/h11-12,14,17,19-21,24,27-28,30,34-35,37H,2-10,13,15-16H2,1H3,(H,32,38)/t17?,19?,20?,21-,24-,27+,28+,30+/m1/s1. The molecule has 41 heavy (non-hydrogen) atoms. The zero-order chi connectivity index (χ0) is 28.7. The van der Waals surface area contributed by atoms with Gasteiger partial charge in [0.15, 0.2) is 11.5 Å². The quantitative estimate of drug-likeness (QED) is 0.333. The minimum absolute atomic E-state index is 0.0254. The summed E-state index contributed by atoms with van der Waals surface area (Å²) in [5, 5.41) is 33.9. The van der Waals surface area contributed by atoms with Gasteiger partial charge in [-0.25, -0.2) is 0 Å². The number of rotatable bonds is 10. The van der Waals surface area contributed by atoms with Gasteiger partial charge < -0.3 is 39.7 Å². The Hall–Kier alpha value is -2.66. The Morgan fingerprint density at radius 1 is 1.17 bits per heavy atom. The fourth-order valence-corrected chi connectivity index (χ4v) is 7.98. The molecule has 3 fully saturated rings. The number of ether oxygens (including phenoxy) is 3. The van der Waals surface area contributed by atoms with Crippen LogP contribution in [0.15, 0.2) is 23.8 Å². The molecule has 0 radical (unpaired) electrons. The van der Waals surface area contributed by atoms with Gasteiger partial charge in [0.25, 0.3) is 0 Å². The van der Waals surface area contributed by atoms with Crippen molar-refractivity contribution in [3.8, 4) is 11.5 Å². The molecule has 8 atom stereocenters. The van der Waals surface area contributed by atoms with Crippen LogP contribution in [0.25, 0.3) is 0 Å². The lowest BCUT2D eigenvalue weighted by Gasteiger charge is -2.42. The number of methoxy groups -OCH3 is 1. The zero-order valence-corrected chi connectivity index (χ0v) is 23.7. The Kier molecular flexibility index (Phi) is 8.27. The number of hydrogen-bond acceptors (Lipinski definition) is 8. The molecule has 5 aliphatic rings. The maximum absolute atomic E-state index is 14.1. The van der Waals surface area contributed by atoms with Crippen molar-refractivity contribution < 1.29 is 39.1 Å². The van der Waals surface area contributed by atoms with Crippen LogP contribution < -0.4 is 14.8 Å². The summed E-state index contributed by atoms with van der Waals surface area (Å²) in [6, 6.07) is 2.66. The second-order valence-electron chi connectivity index (χ2n) is 12.3. The van der Waals surface area contributed by atoms with Gasteiger partial charge in [-0.3, -0.25) is 9.59 Å². The van der Waals surface area contributed by atoms with Crippen LogP contribution in [0.3, 0.4) is 0 Å². The van der Waals surface area contributed by atoms with Crippen LogP contribution in [0.1, 0.15) is 62.0 Å². The summed E-state index contributed by atoms with van der Waals surface area (Å²) in [6.07, 6.45) is 6.54. The number of nitrogens with zero attached hydrogens (tertiary/aromatic N) is 1. The normalized spacial score (nSPS) is 33.1. The van der Waals surface area contributed by atoms with E-state index < -0.39 is 30.1 Å². The summed E-state index contributed by atoms with van der Waals surface area (Å²) in [4.78, 5) is 29.3. The first-order valence-electron chi connectivity index (χ1n) is 15.1. The van der Waals surface area contributed by atoms with Gasteiger partial charge in [0.05, 0.1) is 38.4 Å². The molecule has 2 aliphatic heterocycles. The molecule has 2 bridgehead atoms. The molecule has 0 spiro atoms. The van der Waals surface area contributed by atoms with Crippen molar-refractivity contribution in [2.24, 2.45) is 17.8 Å². The van der Waals surface area contributed by atoms with E-state index in [4.69, 9.17) is 14.2 Å². The van der Waals surface area contributed by atoms with E-state index >= 15 is 0 Å². The molecule has 4 N–H and O–H groups in total. The molecule has 2 heterocycles. The molecule has 1 saturated heterocycles. The fourth-order valence-electron chi connectivity index (χ4n) is 7.98. The third kappa shape index (κ3) is 5.35. The number of nitrogens with one attached hydrogen (secondary N) is 1. The van der Waals surface area contributed by atoms with E-state index in [2.05, 4.69) is 5.32 Å². The molecule has 3 aliphatic carbocycles. The van der Waals surface area contributed by atoms with Crippen LogP contribution in [0, 0.1) is 17.8 Å². The monoisotopic (exact) mass is 570 g/mol. The average Bonchev–Trinajstić information content (AvgIpc) is 3.79. The first-order chi connectivity index (χ1) is 19.9. The number of hydrogen-bond donors (Lipinski definition) is 4. The van der Waals surface area contributed by atoms with E-state index in [1.54, 1.807) is 23.1 Å². The van der Waals surface area contributed by atoms with Gasteiger partial charge >= 0.3 is 0 Å². The van der Waals surface area contributed by atoms with Gasteiger partial charge in [-0.1, -0.05) is 6.42 Å². The number of aliphatic hydroxyl groups excluding tert-OH is 3. The zero-order valence-electron chi connectivity index (χ0n) is 23.7. The number of fused-ring (bicyclic) bond motifs is 5. The smallest absolute Gasteiger partial charge is 0.247 e. The molecule has 2 saturated carbocycles. The summed E-state index contributed by atoms with van der Waals surface area (Å²) in [5.74, 6) is 1.42. The fraction of sp³-hybridized carbons (Fsp3) is 0.677. The minimum atomic E-state index is -1.12. The molecule has 10 heteroatoms. The SMILES string of the molecule is COc1cc(CO)cc2c1O[C@@H]1[C@@H](O)[C@H](N(C[C@H]3CCCO3)C(=O)CC3CC4CCC3C4)C=C(C(=O)NCCO)[C@H]21. The average molecular weight is 571 g/mol. The number of carbonyl (C=O) groups is 2. The Morgan fingerprint density at radius 3 is 2.68 bits per heavy atom. The topological polar surface area (TPSA) is 138 Å². The highest BCUT2D eigenvalue weighted by atomic mass is 16.5. The predicted octanol–water partition coefficient (Wildman–Crippen LogP) is 1.64. The molecule has 3 unspecified atom stereocenters. The summed E-state index contributed by atoms with van der Waals surface area (Å²) in [6.45, 7) is 0.604. The van der Waals surface area contributed by atoms with Crippen LogP contribution in [-0.2, 0) is 20.9 Å². The molecule has 1 aromatic carbocycles. The second-order valence-corrected chi connectivity index (χ2v) is 12.3. The molecule has 10 nitrogen and oxygen atoms in total. The highest BCUT2D eigenvalue weighted by molar-refractivity contribution is 5.96. The van der Waals surface area contributed by atoms with Crippen molar-refractivity contribution in [2.75, 3.05) is 33.4 Å². The highest BCUT2D eigenvalue weighted by Crippen LogP contribution is 2.52. The van der Waals surface area contributed by atoms with Gasteiger partial charge in [0.2, 0.25) is 11.8 Å². The van der Waals surface area contributed by atoms with Crippen LogP contribution in [0.2, 0.25) is 0 Å². The summed E-state index contributed by atoms with van der Waals surface area (Å²) in [5.41, 5.74) is 1.60. The Bertz CT molecular complexity index is 1180. The van der Waals surface area contributed by atoms with Gasteiger partial charge in [0, 0.05) is 37.3 Å². The summed E-state index contributed by atoms with van der Waals surface area (Å²) >= 11 is 0. The highest BCUT2D eigenvalue weighted by Gasteiger charge is 2.52. The first kappa shape index (κ1) is 28.5. The van der Waals surface area contributed by atoms with Gasteiger partial charge in [-0.15, -0.1) is 0 Å². The van der Waals surface area contributed by atoms with E-state index in [-0.39, 0.29) is 31.8 Å². The summed E-state index contributed by atoms with van der Waals surface area (Å²) < 4.78 is 17.8. The van der Waals surface area contributed by atoms with Crippen LogP contribution >= 0.6 is 0 Å². The Morgan fingerprint density at radius 2 is 2.02 bits per heavy atom. The third-order valence-electron chi connectivity index (χ3n) is 9.92. The van der Waals surface area contributed by atoms with Crippen molar-refractivity contribution in [3.63, 3.8) is 0 Å². The van der Waals surface area contributed by atoms with E-state index in [0.29, 0.717) is 59.6 Å². The second kappa shape index (κ2) is 11.9. The molecular weight excluding hydrogens is 528 g/mol. The third-order valence-corrected chi connectivity index (χ3v) is 9.92. The van der Waals surface area contributed by atoms with E-state index in [9.17, 15) is 24.9 Å². The van der Waals surface area contributed by atoms with Crippen LogP contribution in [-0.4, -0.2) is 89.8 Å². The van der Waals surface area contributed by atoms with Gasteiger partial charge in [0.1, 0.15) is 12.2 Å². The molecule has 2 amide bonds. The van der Waals surface area contributed by atoms with Crippen LogP contribution in [0.5, 0.6) is 11.5 Å². The molecule has 6 rings (SSSR count). The molecule has 224 valence electrons. The van der Waals surface area contributed by atoms with Crippen molar-refractivity contribution in [1.82, 2.24) is 10.2 Å². The van der Waals surface area contributed by atoms with Gasteiger partial charge in [-0.2, -0.15) is 0 Å². The number of aliphatic hydroxyl groups is 3. The maximum atomic E-state index is 14.1. The van der Waals surface area contributed by atoms with Crippen LogP contribution in [0.4, 0.5) is 0 Å². The van der Waals surface area contributed by atoms with E-state index in [1.807, 2.05) is 0 Å². The van der Waals surface area contributed by atoms with E-state index in [0.717, 1.165) is 25.2 Å². The lowest BCUT2D eigenvalue weighted by Crippen LogP contribution is -2.57. The first-order valence-corrected chi connectivity index (χ1v) is 15.1. The minimum Gasteiger partial charge on any atom is -0.493 e. The molecule has 1 aromatic rings. The van der Waals surface area contributed by atoms with Crippen molar-refractivity contribution in [2.45, 2.75) is 81.8 Å².